The van der Waals surface area contributed by atoms with Crippen molar-refractivity contribution < 1.29 is 24.2 Å². The predicted molar refractivity (Wildman–Crippen MR) is 73.7 cm³/mol. The van der Waals surface area contributed by atoms with E-state index >= 15 is 0 Å². The van der Waals surface area contributed by atoms with Crippen LogP contribution in [0.1, 0.15) is 13.2 Å². The molecule has 126 valence electrons. The van der Waals surface area contributed by atoms with Crippen LogP contribution in [-0.4, -0.2) is 51.0 Å². The van der Waals surface area contributed by atoms with Crippen molar-refractivity contribution >= 4 is 5.82 Å². The van der Waals surface area contributed by atoms with Crippen LogP contribution in [0.15, 0.2) is 22.2 Å². The van der Waals surface area contributed by atoms with Crippen molar-refractivity contribution in [1.29, 1.82) is 0 Å². The van der Waals surface area contributed by atoms with Gasteiger partial charge >= 0.3 is 5.69 Å². The summed E-state index contributed by atoms with van der Waals surface area (Å²) in [6, 6.07) is 1.33. The first kappa shape index (κ1) is 17.1. The van der Waals surface area contributed by atoms with Crippen molar-refractivity contribution in [2.75, 3.05) is 18.7 Å². The standard InChI is InChI=1S/C11H15FN6O5/c1-2-22-15-6-3-4-18(10(21)14-6)9-7(12)8(20)11(5-19,23-9)16-17-13/h3-4,7-9,19-20H,2,5H2,1H3,(H,14,15,21)/t7-,8-,9+,11?/m0/s1. The Morgan fingerprint density at radius 3 is 3.04 bits per heavy atom. The Hall–Kier alpha value is -2.24. The van der Waals surface area contributed by atoms with E-state index in [1.807, 2.05) is 0 Å². The summed E-state index contributed by atoms with van der Waals surface area (Å²) in [5.74, 6) is 0.102. The molecule has 0 saturated carbocycles. The van der Waals surface area contributed by atoms with E-state index in [9.17, 15) is 19.4 Å². The topological polar surface area (TPSA) is 155 Å². The molecule has 0 aliphatic carbocycles. The molecular formula is C11H15FN6O5. The highest BCUT2D eigenvalue weighted by molar-refractivity contribution is 5.28. The van der Waals surface area contributed by atoms with Crippen LogP contribution in [0.4, 0.5) is 10.2 Å². The number of aromatic nitrogens is 2. The largest absolute Gasteiger partial charge is 0.393 e. The first-order valence-electron chi connectivity index (χ1n) is 6.63. The lowest BCUT2D eigenvalue weighted by Crippen LogP contribution is -2.43. The zero-order chi connectivity index (χ0) is 17.0. The number of azide groups is 1. The molecular weight excluding hydrogens is 315 g/mol. The molecule has 11 nitrogen and oxygen atoms in total. The number of rotatable bonds is 6. The normalized spacial score (nSPS) is 30.0. The van der Waals surface area contributed by atoms with Crippen LogP contribution < -0.4 is 11.2 Å². The Morgan fingerprint density at radius 1 is 1.74 bits per heavy atom. The van der Waals surface area contributed by atoms with E-state index in [0.29, 0.717) is 6.61 Å². The minimum absolute atomic E-state index is 0.102. The van der Waals surface area contributed by atoms with Gasteiger partial charge in [0.25, 0.3) is 0 Å². The fourth-order valence-electron chi connectivity index (χ4n) is 2.09. The molecule has 1 fully saturated rings. The highest BCUT2D eigenvalue weighted by atomic mass is 19.1. The highest BCUT2D eigenvalue weighted by Crippen LogP contribution is 2.39. The van der Waals surface area contributed by atoms with Crippen LogP contribution in [0.25, 0.3) is 10.4 Å². The maximum absolute atomic E-state index is 14.3. The second-order valence-electron chi connectivity index (χ2n) is 4.63. The lowest BCUT2D eigenvalue weighted by Gasteiger charge is -2.23. The fourth-order valence-corrected chi connectivity index (χ4v) is 2.09. The summed E-state index contributed by atoms with van der Waals surface area (Å²) in [6.45, 7) is 1.10. The molecule has 1 aromatic heterocycles. The zero-order valence-electron chi connectivity index (χ0n) is 12.0. The van der Waals surface area contributed by atoms with E-state index in [1.54, 1.807) is 6.92 Å². The average Bonchev–Trinajstić information content (AvgIpc) is 2.79. The second-order valence-corrected chi connectivity index (χ2v) is 4.63. The summed E-state index contributed by atoms with van der Waals surface area (Å²) in [5, 5.41) is 22.2. The minimum Gasteiger partial charge on any atom is -0.393 e. The third kappa shape index (κ3) is 3.11. The van der Waals surface area contributed by atoms with E-state index in [0.717, 1.165) is 4.57 Å². The van der Waals surface area contributed by atoms with Crippen molar-refractivity contribution in [3.05, 3.63) is 33.2 Å². The summed E-state index contributed by atoms with van der Waals surface area (Å²) < 4.78 is 20.2. The molecule has 0 spiro atoms. The second kappa shape index (κ2) is 6.89. The van der Waals surface area contributed by atoms with Crippen molar-refractivity contribution in [2.45, 2.75) is 31.2 Å². The molecule has 4 atom stereocenters. The molecule has 2 rings (SSSR count). The maximum Gasteiger partial charge on any atom is 0.351 e. The summed E-state index contributed by atoms with van der Waals surface area (Å²) >= 11 is 0. The predicted octanol–water partition coefficient (Wildman–Crippen LogP) is -0.167. The van der Waals surface area contributed by atoms with Crippen LogP contribution in [0.5, 0.6) is 0 Å². The van der Waals surface area contributed by atoms with Crippen LogP contribution in [0.3, 0.4) is 0 Å². The van der Waals surface area contributed by atoms with Gasteiger partial charge in [0.2, 0.25) is 5.72 Å². The molecule has 12 heteroatoms. The van der Waals surface area contributed by atoms with Crippen LogP contribution >= 0.6 is 0 Å². The molecule has 1 saturated heterocycles. The number of nitrogens with zero attached hydrogens (tertiary/aromatic N) is 5. The number of alkyl halides is 1. The van der Waals surface area contributed by atoms with Gasteiger partial charge in [-0.05, 0) is 18.5 Å². The zero-order valence-corrected chi connectivity index (χ0v) is 12.0. The van der Waals surface area contributed by atoms with E-state index in [2.05, 4.69) is 20.5 Å². The number of aliphatic hydroxyl groups is 2. The third-order valence-electron chi connectivity index (χ3n) is 3.23. The lowest BCUT2D eigenvalue weighted by atomic mass is 10.1. The smallest absolute Gasteiger partial charge is 0.351 e. The number of aliphatic hydroxyl groups excluding tert-OH is 2. The molecule has 2 heterocycles. The monoisotopic (exact) mass is 330 g/mol. The summed E-state index contributed by atoms with van der Waals surface area (Å²) in [4.78, 5) is 22.9. The molecule has 0 bridgehead atoms. The maximum atomic E-state index is 14.3. The van der Waals surface area contributed by atoms with E-state index < -0.39 is 36.5 Å². The van der Waals surface area contributed by atoms with Crippen molar-refractivity contribution in [3.8, 4) is 0 Å². The Bertz CT molecular complexity index is 665. The fraction of sp³-hybridized carbons (Fsp3) is 0.636. The number of hydrogen-bond acceptors (Lipinski definition) is 8. The van der Waals surface area contributed by atoms with Gasteiger partial charge in [-0.1, -0.05) is 5.11 Å². The minimum atomic E-state index is -2.21. The molecule has 23 heavy (non-hydrogen) atoms. The molecule has 1 unspecified atom stereocenters. The van der Waals surface area contributed by atoms with Gasteiger partial charge in [-0.25, -0.2) is 14.7 Å². The van der Waals surface area contributed by atoms with Crippen LogP contribution in [0.2, 0.25) is 0 Å². The SMILES string of the molecule is CCONc1ccn([C@@H]2OC(CO)(N=[N+]=[N-])[C@@H](O)[C@@H]2F)c(=O)n1. The molecule has 1 aliphatic heterocycles. The van der Waals surface area contributed by atoms with Crippen LogP contribution in [-0.2, 0) is 9.57 Å². The molecule has 1 aliphatic rings. The lowest BCUT2D eigenvalue weighted by molar-refractivity contribution is -0.124. The quantitative estimate of drug-likeness (QED) is 0.283. The third-order valence-corrected chi connectivity index (χ3v) is 3.23. The Kier molecular flexibility index (Phi) is 5.13. The van der Waals surface area contributed by atoms with Gasteiger partial charge in [-0.2, -0.15) is 4.98 Å². The van der Waals surface area contributed by atoms with Gasteiger partial charge in [-0.15, -0.1) is 0 Å². The van der Waals surface area contributed by atoms with Crippen molar-refractivity contribution in [1.82, 2.24) is 9.55 Å². The average molecular weight is 330 g/mol. The number of hydrogen-bond donors (Lipinski definition) is 3. The Morgan fingerprint density at radius 2 is 2.48 bits per heavy atom. The van der Waals surface area contributed by atoms with E-state index in [1.165, 1.54) is 12.3 Å². The molecule has 0 aromatic carbocycles. The Labute approximate surface area is 128 Å². The first-order chi connectivity index (χ1) is 11.0. The van der Waals surface area contributed by atoms with E-state index in [-0.39, 0.29) is 5.82 Å². The number of anilines is 1. The molecule has 3 N–H and O–H groups in total. The summed E-state index contributed by atoms with van der Waals surface area (Å²) in [7, 11) is 0. The summed E-state index contributed by atoms with van der Waals surface area (Å²) in [5.41, 5.74) is 7.80. The van der Waals surface area contributed by atoms with Gasteiger partial charge in [-0.3, -0.25) is 9.40 Å². The number of nitrogens with one attached hydrogen (secondary N) is 1. The van der Waals surface area contributed by atoms with Gasteiger partial charge in [0, 0.05) is 11.1 Å². The van der Waals surface area contributed by atoms with Gasteiger partial charge in [0.05, 0.1) is 13.2 Å². The van der Waals surface area contributed by atoms with Crippen molar-refractivity contribution in [2.24, 2.45) is 5.11 Å². The number of ether oxygens (including phenoxy) is 1. The Balaban J connectivity index is 2.32. The first-order valence-corrected chi connectivity index (χ1v) is 6.63. The molecule has 0 amide bonds. The highest BCUT2D eigenvalue weighted by Gasteiger charge is 2.56. The van der Waals surface area contributed by atoms with Crippen molar-refractivity contribution in [3.63, 3.8) is 0 Å². The molecule has 0 radical (unpaired) electrons. The van der Waals surface area contributed by atoms with Gasteiger partial charge < -0.3 is 14.9 Å². The van der Waals surface area contributed by atoms with Gasteiger partial charge in [0.15, 0.2) is 18.2 Å². The van der Waals surface area contributed by atoms with E-state index in [4.69, 9.17) is 15.1 Å². The summed E-state index contributed by atoms with van der Waals surface area (Å²) in [6.07, 6.45) is -4.49. The van der Waals surface area contributed by atoms with Crippen LogP contribution in [0, 0.1) is 0 Å². The van der Waals surface area contributed by atoms with Gasteiger partial charge in [0.1, 0.15) is 6.10 Å². The molecule has 1 aromatic rings. The number of halogens is 1.